The molecule has 0 saturated carbocycles. The highest BCUT2D eigenvalue weighted by atomic mass is 35.5. The van der Waals surface area contributed by atoms with E-state index in [9.17, 15) is 4.79 Å². The standard InChI is InChI=1S/C21H22ClN3OS/c1-14-5-11-17(12-6-14)25-19(15-7-9-16(22)10-8-15)23-24-20(25)27-13-18(26)21(2,3)4/h5-12H,13H2,1-4H3. The van der Waals surface area contributed by atoms with Crippen LogP contribution >= 0.6 is 23.4 Å². The van der Waals surface area contributed by atoms with Gasteiger partial charge in [-0.2, -0.15) is 0 Å². The summed E-state index contributed by atoms with van der Waals surface area (Å²) in [5, 5.41) is 10.1. The van der Waals surface area contributed by atoms with E-state index in [0.29, 0.717) is 15.9 Å². The fraction of sp³-hybridized carbons (Fsp3) is 0.286. The molecule has 3 aromatic rings. The number of rotatable bonds is 5. The summed E-state index contributed by atoms with van der Waals surface area (Å²) in [7, 11) is 0. The number of benzene rings is 2. The molecule has 0 saturated heterocycles. The molecule has 1 heterocycles. The lowest BCUT2D eigenvalue weighted by molar-refractivity contribution is -0.123. The van der Waals surface area contributed by atoms with Crippen molar-refractivity contribution in [1.29, 1.82) is 0 Å². The first kappa shape index (κ1) is 19.6. The van der Waals surface area contributed by atoms with E-state index in [1.807, 2.05) is 68.7 Å². The average Bonchev–Trinajstić information content (AvgIpc) is 3.04. The van der Waals surface area contributed by atoms with E-state index in [0.717, 1.165) is 17.1 Å². The maximum Gasteiger partial charge on any atom is 0.196 e. The van der Waals surface area contributed by atoms with E-state index in [2.05, 4.69) is 22.3 Å². The van der Waals surface area contributed by atoms with Gasteiger partial charge in [0.25, 0.3) is 0 Å². The van der Waals surface area contributed by atoms with E-state index < -0.39 is 0 Å². The minimum Gasteiger partial charge on any atom is -0.298 e. The van der Waals surface area contributed by atoms with Crippen LogP contribution in [0.5, 0.6) is 0 Å². The van der Waals surface area contributed by atoms with Crippen LogP contribution < -0.4 is 0 Å². The Labute approximate surface area is 169 Å². The molecule has 3 rings (SSSR count). The van der Waals surface area contributed by atoms with Crippen LogP contribution in [-0.2, 0) is 4.79 Å². The summed E-state index contributed by atoms with van der Waals surface area (Å²) in [5.41, 5.74) is 2.68. The molecule has 0 bridgehead atoms. The molecule has 0 aliphatic carbocycles. The summed E-state index contributed by atoms with van der Waals surface area (Å²) in [4.78, 5) is 12.4. The number of halogens is 1. The zero-order chi connectivity index (χ0) is 19.6. The predicted molar refractivity (Wildman–Crippen MR) is 112 cm³/mol. The Kier molecular flexibility index (Phi) is 5.72. The van der Waals surface area contributed by atoms with E-state index in [4.69, 9.17) is 11.6 Å². The van der Waals surface area contributed by atoms with Gasteiger partial charge in [-0.15, -0.1) is 10.2 Å². The smallest absolute Gasteiger partial charge is 0.196 e. The van der Waals surface area contributed by atoms with Crippen molar-refractivity contribution >= 4 is 29.1 Å². The Hall–Kier alpha value is -2.11. The van der Waals surface area contributed by atoms with Gasteiger partial charge in [0.2, 0.25) is 0 Å². The van der Waals surface area contributed by atoms with Crippen LogP contribution in [0.3, 0.4) is 0 Å². The van der Waals surface area contributed by atoms with Gasteiger partial charge in [-0.25, -0.2) is 0 Å². The van der Waals surface area contributed by atoms with Gasteiger partial charge in [0, 0.05) is 21.7 Å². The van der Waals surface area contributed by atoms with Gasteiger partial charge < -0.3 is 0 Å². The molecule has 0 fully saturated rings. The lowest BCUT2D eigenvalue weighted by Gasteiger charge is -2.16. The van der Waals surface area contributed by atoms with Crippen molar-refractivity contribution in [2.45, 2.75) is 32.9 Å². The van der Waals surface area contributed by atoms with Gasteiger partial charge in [0.1, 0.15) is 5.78 Å². The molecule has 0 radical (unpaired) electrons. The normalized spacial score (nSPS) is 11.6. The Morgan fingerprint density at radius 1 is 1.04 bits per heavy atom. The van der Waals surface area contributed by atoms with Crippen LogP contribution in [0.25, 0.3) is 17.1 Å². The third-order valence-corrected chi connectivity index (χ3v) is 5.38. The monoisotopic (exact) mass is 399 g/mol. The largest absolute Gasteiger partial charge is 0.298 e. The second kappa shape index (κ2) is 7.87. The topological polar surface area (TPSA) is 47.8 Å². The molecule has 0 amide bonds. The summed E-state index contributed by atoms with van der Waals surface area (Å²) in [6.07, 6.45) is 0. The van der Waals surface area contributed by atoms with Gasteiger partial charge in [0.05, 0.1) is 5.75 Å². The molecular formula is C21H22ClN3OS. The third kappa shape index (κ3) is 4.60. The fourth-order valence-electron chi connectivity index (χ4n) is 2.42. The summed E-state index contributed by atoms with van der Waals surface area (Å²) in [5.74, 6) is 1.26. The van der Waals surface area contributed by atoms with Crippen LogP contribution in [0.1, 0.15) is 26.3 Å². The van der Waals surface area contributed by atoms with Crippen LogP contribution in [0, 0.1) is 12.3 Å². The molecule has 6 heteroatoms. The second-order valence-corrected chi connectivity index (χ2v) is 8.82. The van der Waals surface area contributed by atoms with Gasteiger partial charge >= 0.3 is 0 Å². The Morgan fingerprint density at radius 2 is 1.67 bits per heavy atom. The van der Waals surface area contributed by atoms with Crippen LogP contribution in [0.15, 0.2) is 53.7 Å². The fourth-order valence-corrected chi connectivity index (χ4v) is 3.66. The van der Waals surface area contributed by atoms with Crippen molar-refractivity contribution in [3.63, 3.8) is 0 Å². The number of aryl methyl sites for hydroxylation is 1. The zero-order valence-electron chi connectivity index (χ0n) is 15.9. The van der Waals surface area contributed by atoms with Crippen molar-refractivity contribution < 1.29 is 4.79 Å². The number of hydrogen-bond acceptors (Lipinski definition) is 4. The van der Waals surface area contributed by atoms with Crippen molar-refractivity contribution in [1.82, 2.24) is 14.8 Å². The lowest BCUT2D eigenvalue weighted by atomic mass is 9.92. The maximum atomic E-state index is 12.4. The molecular weight excluding hydrogens is 378 g/mol. The first-order chi connectivity index (χ1) is 12.8. The number of thioether (sulfide) groups is 1. The van der Waals surface area contributed by atoms with Crippen molar-refractivity contribution in [3.8, 4) is 17.1 Å². The first-order valence-corrected chi connectivity index (χ1v) is 10.1. The van der Waals surface area contributed by atoms with E-state index in [-0.39, 0.29) is 11.2 Å². The molecule has 1 aromatic heterocycles. The zero-order valence-corrected chi connectivity index (χ0v) is 17.4. The molecule has 0 atom stereocenters. The molecule has 0 spiro atoms. The quantitative estimate of drug-likeness (QED) is 0.523. The molecule has 140 valence electrons. The number of carbonyl (C=O) groups is 1. The molecule has 2 aromatic carbocycles. The van der Waals surface area contributed by atoms with Crippen molar-refractivity contribution in [3.05, 3.63) is 59.1 Å². The van der Waals surface area contributed by atoms with Gasteiger partial charge in [-0.05, 0) is 43.3 Å². The summed E-state index contributed by atoms with van der Waals surface area (Å²) < 4.78 is 1.99. The number of nitrogens with zero attached hydrogens (tertiary/aromatic N) is 3. The number of ketones is 1. The molecule has 0 N–H and O–H groups in total. The molecule has 0 aliphatic rings. The maximum absolute atomic E-state index is 12.4. The lowest BCUT2D eigenvalue weighted by Crippen LogP contribution is -2.22. The Morgan fingerprint density at radius 3 is 2.26 bits per heavy atom. The molecule has 27 heavy (non-hydrogen) atoms. The third-order valence-electron chi connectivity index (χ3n) is 4.20. The summed E-state index contributed by atoms with van der Waals surface area (Å²) in [6, 6.07) is 15.7. The van der Waals surface area contributed by atoms with Gasteiger partial charge in [0.15, 0.2) is 11.0 Å². The molecule has 0 aliphatic heterocycles. The van der Waals surface area contributed by atoms with Crippen molar-refractivity contribution in [2.75, 3.05) is 5.75 Å². The minimum absolute atomic E-state index is 0.180. The summed E-state index contributed by atoms with van der Waals surface area (Å²) in [6.45, 7) is 7.84. The van der Waals surface area contributed by atoms with E-state index in [1.165, 1.54) is 17.3 Å². The van der Waals surface area contributed by atoms with Crippen LogP contribution in [0.4, 0.5) is 0 Å². The minimum atomic E-state index is -0.374. The van der Waals surface area contributed by atoms with E-state index in [1.54, 1.807) is 0 Å². The highest BCUT2D eigenvalue weighted by Gasteiger charge is 2.23. The first-order valence-electron chi connectivity index (χ1n) is 8.70. The number of aromatic nitrogens is 3. The van der Waals surface area contributed by atoms with Crippen molar-refractivity contribution in [2.24, 2.45) is 5.41 Å². The molecule has 0 unspecified atom stereocenters. The highest BCUT2D eigenvalue weighted by Crippen LogP contribution is 2.30. The predicted octanol–water partition coefficient (Wildman–Crippen LogP) is 5.60. The number of carbonyl (C=O) groups excluding carboxylic acids is 1. The summed E-state index contributed by atoms with van der Waals surface area (Å²) >= 11 is 7.43. The van der Waals surface area contributed by atoms with Gasteiger partial charge in [-0.3, -0.25) is 9.36 Å². The SMILES string of the molecule is Cc1ccc(-n2c(SCC(=O)C(C)(C)C)nnc2-c2ccc(Cl)cc2)cc1. The second-order valence-electron chi connectivity index (χ2n) is 7.45. The van der Waals surface area contributed by atoms with Gasteiger partial charge in [-0.1, -0.05) is 61.8 Å². The van der Waals surface area contributed by atoms with Crippen LogP contribution in [-0.4, -0.2) is 26.3 Å². The number of Topliss-reactive ketones (excluding diaryl/α,β-unsaturated/α-hetero) is 1. The van der Waals surface area contributed by atoms with Crippen LogP contribution in [0.2, 0.25) is 5.02 Å². The Bertz CT molecular complexity index is 941. The average molecular weight is 400 g/mol. The molecule has 4 nitrogen and oxygen atoms in total. The van der Waals surface area contributed by atoms with E-state index >= 15 is 0 Å². The highest BCUT2D eigenvalue weighted by molar-refractivity contribution is 7.99. The number of hydrogen-bond donors (Lipinski definition) is 0. The Balaban J connectivity index is 2.02.